The van der Waals surface area contributed by atoms with Gasteiger partial charge in [-0.05, 0) is 63.4 Å². The van der Waals surface area contributed by atoms with Crippen molar-refractivity contribution < 1.29 is 4.79 Å². The molecule has 1 fully saturated rings. The zero-order valence-electron chi connectivity index (χ0n) is 18.1. The summed E-state index contributed by atoms with van der Waals surface area (Å²) < 4.78 is 0. The average molecular weight is 395 g/mol. The van der Waals surface area contributed by atoms with Crippen molar-refractivity contribution in [2.75, 3.05) is 52.2 Å². The predicted molar refractivity (Wildman–Crippen MR) is 119 cm³/mol. The van der Waals surface area contributed by atoms with Gasteiger partial charge in [-0.15, -0.1) is 0 Å². The first-order chi connectivity index (χ1) is 14.0. The van der Waals surface area contributed by atoms with Crippen LogP contribution in [0.4, 0.5) is 5.82 Å². The maximum atomic E-state index is 12.8. The molecule has 0 atom stereocenters. The van der Waals surface area contributed by atoms with Gasteiger partial charge in [0.05, 0.1) is 5.56 Å². The monoisotopic (exact) mass is 394 g/mol. The molecule has 1 aliphatic rings. The fourth-order valence-corrected chi connectivity index (χ4v) is 3.83. The first-order valence-corrected chi connectivity index (χ1v) is 10.7. The number of hydrogen-bond acceptors (Lipinski definition) is 4. The maximum absolute atomic E-state index is 12.8. The molecule has 3 rings (SSSR count). The Kier molecular flexibility index (Phi) is 7.64. The van der Waals surface area contributed by atoms with Crippen LogP contribution in [-0.4, -0.2) is 68.0 Å². The van der Waals surface area contributed by atoms with Crippen LogP contribution in [0.3, 0.4) is 0 Å². The highest BCUT2D eigenvalue weighted by atomic mass is 16.2. The third-order valence-electron chi connectivity index (χ3n) is 5.85. The summed E-state index contributed by atoms with van der Waals surface area (Å²) in [6, 6.07) is 14.6. The molecule has 2 aromatic rings. The molecule has 5 nitrogen and oxygen atoms in total. The summed E-state index contributed by atoms with van der Waals surface area (Å²) in [7, 11) is 6.16. The largest absolute Gasteiger partial charge is 0.358 e. The Morgan fingerprint density at radius 1 is 1.03 bits per heavy atom. The SMILES string of the molecule is CN(C)CCN(C)c1ccc(C(=O)N2CCC(CCc3ccccc3)CC2)cn1. The lowest BCUT2D eigenvalue weighted by Gasteiger charge is -2.32. The Morgan fingerprint density at radius 3 is 2.38 bits per heavy atom. The molecule has 0 radical (unpaired) electrons. The molecule has 1 aliphatic heterocycles. The number of hydrogen-bond donors (Lipinski definition) is 0. The van der Waals surface area contributed by atoms with Crippen LogP contribution in [-0.2, 0) is 6.42 Å². The zero-order chi connectivity index (χ0) is 20.6. The van der Waals surface area contributed by atoms with Crippen molar-refractivity contribution >= 4 is 11.7 Å². The van der Waals surface area contributed by atoms with Gasteiger partial charge in [-0.2, -0.15) is 0 Å². The Morgan fingerprint density at radius 2 is 1.76 bits per heavy atom. The Bertz CT molecular complexity index is 752. The second kappa shape index (κ2) is 10.4. The number of carbonyl (C=O) groups excluding carboxylic acids is 1. The van der Waals surface area contributed by atoms with Crippen LogP contribution in [0.15, 0.2) is 48.7 Å². The Hall–Kier alpha value is -2.40. The third kappa shape index (κ3) is 6.29. The molecule has 1 aromatic carbocycles. The van der Waals surface area contributed by atoms with Crippen LogP contribution >= 0.6 is 0 Å². The van der Waals surface area contributed by atoms with E-state index in [9.17, 15) is 4.79 Å². The second-order valence-electron chi connectivity index (χ2n) is 8.39. The van der Waals surface area contributed by atoms with Crippen LogP contribution in [0, 0.1) is 5.92 Å². The summed E-state index contributed by atoms with van der Waals surface area (Å²) in [6.45, 7) is 3.58. The minimum Gasteiger partial charge on any atom is -0.358 e. The lowest BCUT2D eigenvalue weighted by molar-refractivity contribution is 0.0686. The van der Waals surface area contributed by atoms with Crippen LogP contribution in [0.1, 0.15) is 35.2 Å². The van der Waals surface area contributed by atoms with Crippen molar-refractivity contribution in [1.29, 1.82) is 0 Å². The van der Waals surface area contributed by atoms with Gasteiger partial charge >= 0.3 is 0 Å². The first kappa shape index (κ1) is 21.3. The molecule has 0 N–H and O–H groups in total. The van der Waals surface area contributed by atoms with E-state index in [-0.39, 0.29) is 5.91 Å². The van der Waals surface area contributed by atoms with Crippen LogP contribution in [0.2, 0.25) is 0 Å². The van der Waals surface area contributed by atoms with Gasteiger partial charge in [-0.25, -0.2) is 4.98 Å². The van der Waals surface area contributed by atoms with Gasteiger partial charge in [0, 0.05) is 39.4 Å². The molecular formula is C24H34N4O. The highest BCUT2D eigenvalue weighted by Crippen LogP contribution is 2.23. The number of benzene rings is 1. The minimum atomic E-state index is 0.113. The predicted octanol–water partition coefficient (Wildman–Crippen LogP) is 3.56. The van der Waals surface area contributed by atoms with E-state index >= 15 is 0 Å². The van der Waals surface area contributed by atoms with Crippen molar-refractivity contribution in [3.63, 3.8) is 0 Å². The van der Waals surface area contributed by atoms with Gasteiger partial charge in [0.15, 0.2) is 0 Å². The van der Waals surface area contributed by atoms with Crippen LogP contribution in [0.25, 0.3) is 0 Å². The number of likely N-dealkylation sites (N-methyl/N-ethyl adjacent to an activating group) is 2. The molecule has 0 unspecified atom stereocenters. The number of anilines is 1. The average Bonchev–Trinajstić information content (AvgIpc) is 2.76. The number of nitrogens with zero attached hydrogens (tertiary/aromatic N) is 4. The number of aryl methyl sites for hydroxylation is 1. The van der Waals surface area contributed by atoms with E-state index in [1.165, 1.54) is 12.0 Å². The molecule has 0 saturated carbocycles. The number of piperidine rings is 1. The van der Waals surface area contributed by atoms with E-state index in [1.807, 2.05) is 24.1 Å². The summed E-state index contributed by atoms with van der Waals surface area (Å²) in [5.41, 5.74) is 2.10. The summed E-state index contributed by atoms with van der Waals surface area (Å²) in [6.07, 6.45) is 6.26. The van der Waals surface area contributed by atoms with E-state index in [4.69, 9.17) is 0 Å². The number of aromatic nitrogens is 1. The first-order valence-electron chi connectivity index (χ1n) is 10.7. The lowest BCUT2D eigenvalue weighted by Crippen LogP contribution is -2.38. The molecule has 156 valence electrons. The van der Waals surface area contributed by atoms with Crippen molar-refractivity contribution in [3.8, 4) is 0 Å². The van der Waals surface area contributed by atoms with Gasteiger partial charge in [-0.3, -0.25) is 4.79 Å². The number of amides is 1. The number of pyridine rings is 1. The third-order valence-corrected chi connectivity index (χ3v) is 5.85. The van der Waals surface area contributed by atoms with Gasteiger partial charge in [0.1, 0.15) is 5.82 Å². The minimum absolute atomic E-state index is 0.113. The molecule has 5 heteroatoms. The number of carbonyl (C=O) groups is 1. The Labute approximate surface area is 175 Å². The highest BCUT2D eigenvalue weighted by molar-refractivity contribution is 5.94. The van der Waals surface area contributed by atoms with E-state index in [0.717, 1.165) is 51.3 Å². The summed E-state index contributed by atoms with van der Waals surface area (Å²) in [5.74, 6) is 1.73. The van der Waals surface area contributed by atoms with E-state index in [0.29, 0.717) is 11.5 Å². The fraction of sp³-hybridized carbons (Fsp3) is 0.500. The highest BCUT2D eigenvalue weighted by Gasteiger charge is 2.23. The van der Waals surface area contributed by atoms with Crippen molar-refractivity contribution in [3.05, 3.63) is 59.8 Å². The Balaban J connectivity index is 1.46. The fourth-order valence-electron chi connectivity index (χ4n) is 3.83. The smallest absolute Gasteiger partial charge is 0.255 e. The standard InChI is InChI=1S/C24H34N4O/c1-26(2)17-18-27(3)23-12-11-22(19-25-23)24(29)28-15-13-21(14-16-28)10-9-20-7-5-4-6-8-20/h4-8,11-12,19,21H,9-10,13-18H2,1-3H3. The zero-order valence-corrected chi connectivity index (χ0v) is 18.1. The van der Waals surface area contributed by atoms with Crippen molar-refractivity contribution in [2.24, 2.45) is 5.92 Å². The molecule has 0 bridgehead atoms. The van der Waals surface area contributed by atoms with Crippen LogP contribution in [0.5, 0.6) is 0 Å². The van der Waals surface area contributed by atoms with E-state index in [2.05, 4.69) is 59.2 Å². The van der Waals surface area contributed by atoms with Crippen molar-refractivity contribution in [2.45, 2.75) is 25.7 Å². The van der Waals surface area contributed by atoms with Gasteiger partial charge in [-0.1, -0.05) is 30.3 Å². The normalized spacial score (nSPS) is 15.0. The van der Waals surface area contributed by atoms with Gasteiger partial charge < -0.3 is 14.7 Å². The summed E-state index contributed by atoms with van der Waals surface area (Å²) in [5, 5.41) is 0. The quantitative estimate of drug-likeness (QED) is 0.686. The molecule has 0 aliphatic carbocycles. The summed E-state index contributed by atoms with van der Waals surface area (Å²) in [4.78, 5) is 23.6. The van der Waals surface area contributed by atoms with E-state index < -0.39 is 0 Å². The molecular weight excluding hydrogens is 360 g/mol. The second-order valence-corrected chi connectivity index (χ2v) is 8.39. The molecule has 2 heterocycles. The van der Waals surface area contributed by atoms with Crippen molar-refractivity contribution in [1.82, 2.24) is 14.8 Å². The maximum Gasteiger partial charge on any atom is 0.255 e. The lowest BCUT2D eigenvalue weighted by atomic mass is 9.90. The number of rotatable bonds is 8. The topological polar surface area (TPSA) is 39.7 Å². The molecule has 1 saturated heterocycles. The number of likely N-dealkylation sites (tertiary alicyclic amines) is 1. The molecule has 0 spiro atoms. The van der Waals surface area contributed by atoms with Gasteiger partial charge in [0.2, 0.25) is 0 Å². The van der Waals surface area contributed by atoms with Gasteiger partial charge in [0.25, 0.3) is 5.91 Å². The van der Waals surface area contributed by atoms with Crippen LogP contribution < -0.4 is 4.90 Å². The molecule has 1 amide bonds. The molecule has 29 heavy (non-hydrogen) atoms. The summed E-state index contributed by atoms with van der Waals surface area (Å²) >= 11 is 0. The van der Waals surface area contributed by atoms with E-state index in [1.54, 1.807) is 6.20 Å². The molecule has 1 aromatic heterocycles.